The third kappa shape index (κ3) is 2.87. The summed E-state index contributed by atoms with van der Waals surface area (Å²) < 4.78 is 0. The van der Waals surface area contributed by atoms with Crippen LogP contribution in [0.3, 0.4) is 0 Å². The van der Waals surface area contributed by atoms with Crippen LogP contribution in [-0.4, -0.2) is 11.5 Å². The molecule has 1 aromatic carbocycles. The van der Waals surface area contributed by atoms with E-state index in [9.17, 15) is 4.79 Å². The first-order valence-corrected chi connectivity index (χ1v) is 6.17. The van der Waals surface area contributed by atoms with Crippen LogP contribution in [0.15, 0.2) is 35.1 Å². The monoisotopic (exact) mass is 230 g/mol. The van der Waals surface area contributed by atoms with Gasteiger partial charge in [0.2, 0.25) is 0 Å². The van der Waals surface area contributed by atoms with Crippen LogP contribution in [0.4, 0.5) is 5.69 Å². The molecule has 3 nitrogen and oxygen atoms in total. The highest BCUT2D eigenvalue weighted by Gasteiger charge is 2.01. The van der Waals surface area contributed by atoms with Crippen LogP contribution in [-0.2, 0) is 0 Å². The number of rotatable bonds is 5. The summed E-state index contributed by atoms with van der Waals surface area (Å²) in [4.78, 5) is 14.7. The zero-order valence-electron chi connectivity index (χ0n) is 10.1. The Morgan fingerprint density at radius 2 is 2.06 bits per heavy atom. The predicted molar refractivity (Wildman–Crippen MR) is 72.6 cm³/mol. The Hall–Kier alpha value is -1.77. The van der Waals surface area contributed by atoms with Crippen molar-refractivity contribution in [2.75, 3.05) is 11.9 Å². The molecule has 0 bridgehead atoms. The maximum Gasteiger partial charge on any atom is 0.271 e. The summed E-state index contributed by atoms with van der Waals surface area (Å²) in [5.74, 6) is 0. The molecular weight excluding hydrogens is 212 g/mol. The van der Waals surface area contributed by atoms with Crippen LogP contribution in [0, 0.1) is 0 Å². The molecule has 17 heavy (non-hydrogen) atoms. The molecular formula is C14H18N2O. The van der Waals surface area contributed by atoms with Crippen molar-refractivity contribution >= 4 is 16.6 Å². The number of hydrogen-bond donors (Lipinski definition) is 2. The fourth-order valence-electron chi connectivity index (χ4n) is 1.88. The number of unbranched alkanes of at least 4 members (excludes halogenated alkanes) is 2. The lowest BCUT2D eigenvalue weighted by atomic mass is 10.2. The molecule has 90 valence electrons. The number of H-pyrrole nitrogens is 1. The average molecular weight is 230 g/mol. The van der Waals surface area contributed by atoms with Crippen molar-refractivity contribution in [1.29, 1.82) is 0 Å². The number of nitrogens with one attached hydrogen (secondary N) is 2. The van der Waals surface area contributed by atoms with Gasteiger partial charge in [-0.2, -0.15) is 0 Å². The highest BCUT2D eigenvalue weighted by Crippen LogP contribution is 2.12. The Morgan fingerprint density at radius 3 is 2.88 bits per heavy atom. The zero-order chi connectivity index (χ0) is 12.1. The normalized spacial score (nSPS) is 10.6. The predicted octanol–water partition coefficient (Wildman–Crippen LogP) is 3.13. The third-order valence-electron chi connectivity index (χ3n) is 2.85. The van der Waals surface area contributed by atoms with Crippen molar-refractivity contribution in [1.82, 2.24) is 4.98 Å². The molecule has 1 aromatic heterocycles. The van der Waals surface area contributed by atoms with E-state index in [0.29, 0.717) is 5.69 Å². The van der Waals surface area contributed by atoms with Crippen LogP contribution < -0.4 is 10.9 Å². The highest BCUT2D eigenvalue weighted by molar-refractivity contribution is 5.81. The molecule has 0 saturated carbocycles. The maximum absolute atomic E-state index is 11.8. The first-order chi connectivity index (χ1) is 8.31. The van der Waals surface area contributed by atoms with Gasteiger partial charge in [0.1, 0.15) is 5.69 Å². The fourth-order valence-corrected chi connectivity index (χ4v) is 1.88. The summed E-state index contributed by atoms with van der Waals surface area (Å²) in [7, 11) is 0. The Bertz CT molecular complexity index is 545. The number of hydrogen-bond acceptors (Lipinski definition) is 2. The van der Waals surface area contributed by atoms with Gasteiger partial charge < -0.3 is 10.3 Å². The van der Waals surface area contributed by atoms with Crippen LogP contribution in [0.2, 0.25) is 0 Å². The maximum atomic E-state index is 11.8. The summed E-state index contributed by atoms with van der Waals surface area (Å²) in [5, 5.41) is 4.26. The minimum Gasteiger partial charge on any atom is -0.381 e. The molecule has 2 rings (SSSR count). The molecule has 2 aromatic rings. The highest BCUT2D eigenvalue weighted by atomic mass is 16.1. The molecule has 0 spiro atoms. The van der Waals surface area contributed by atoms with Gasteiger partial charge in [-0.25, -0.2) is 0 Å². The second kappa shape index (κ2) is 5.53. The Balaban J connectivity index is 2.17. The topological polar surface area (TPSA) is 44.9 Å². The number of aromatic nitrogens is 1. The van der Waals surface area contributed by atoms with Gasteiger partial charge in [-0.1, -0.05) is 38.0 Å². The number of fused-ring (bicyclic) bond motifs is 1. The van der Waals surface area contributed by atoms with E-state index in [-0.39, 0.29) is 5.56 Å². The summed E-state index contributed by atoms with van der Waals surface area (Å²) >= 11 is 0. The number of para-hydroxylation sites is 1. The molecule has 0 aliphatic rings. The molecule has 0 radical (unpaired) electrons. The van der Waals surface area contributed by atoms with Gasteiger partial charge in [-0.3, -0.25) is 4.79 Å². The van der Waals surface area contributed by atoms with E-state index in [1.807, 2.05) is 30.3 Å². The van der Waals surface area contributed by atoms with Crippen LogP contribution in [0.1, 0.15) is 26.2 Å². The van der Waals surface area contributed by atoms with Crippen molar-refractivity contribution in [3.8, 4) is 0 Å². The van der Waals surface area contributed by atoms with Crippen molar-refractivity contribution in [3.05, 3.63) is 40.7 Å². The van der Waals surface area contributed by atoms with E-state index in [1.54, 1.807) is 0 Å². The fraction of sp³-hybridized carbons (Fsp3) is 0.357. The van der Waals surface area contributed by atoms with E-state index in [4.69, 9.17) is 0 Å². The lowest BCUT2D eigenvalue weighted by Gasteiger charge is -2.06. The minimum atomic E-state index is -0.0415. The lowest BCUT2D eigenvalue weighted by molar-refractivity contribution is 0.743. The van der Waals surface area contributed by atoms with E-state index in [0.717, 1.165) is 23.9 Å². The first-order valence-electron chi connectivity index (χ1n) is 6.17. The molecule has 0 aliphatic heterocycles. The van der Waals surface area contributed by atoms with Crippen molar-refractivity contribution in [3.63, 3.8) is 0 Å². The second-order valence-electron chi connectivity index (χ2n) is 4.23. The summed E-state index contributed by atoms with van der Waals surface area (Å²) in [6, 6.07) is 9.73. The Morgan fingerprint density at radius 1 is 1.24 bits per heavy atom. The van der Waals surface area contributed by atoms with Gasteiger partial charge in [-0.15, -0.1) is 0 Å². The molecule has 0 fully saturated rings. The largest absolute Gasteiger partial charge is 0.381 e. The SMILES string of the molecule is CCCCCNc1cc2ccccc2[nH]c1=O. The van der Waals surface area contributed by atoms with Gasteiger partial charge in [0, 0.05) is 17.4 Å². The number of anilines is 1. The molecule has 0 atom stereocenters. The average Bonchev–Trinajstić information content (AvgIpc) is 2.35. The van der Waals surface area contributed by atoms with Crippen molar-refractivity contribution in [2.45, 2.75) is 26.2 Å². The van der Waals surface area contributed by atoms with Crippen LogP contribution in [0.25, 0.3) is 10.9 Å². The molecule has 0 aliphatic carbocycles. The Kier molecular flexibility index (Phi) is 3.81. The van der Waals surface area contributed by atoms with Gasteiger partial charge in [0.25, 0.3) is 5.56 Å². The molecule has 2 N–H and O–H groups in total. The van der Waals surface area contributed by atoms with Crippen LogP contribution >= 0.6 is 0 Å². The van der Waals surface area contributed by atoms with Gasteiger partial charge in [-0.05, 0) is 18.6 Å². The van der Waals surface area contributed by atoms with Gasteiger partial charge in [0.05, 0.1) is 0 Å². The zero-order valence-corrected chi connectivity index (χ0v) is 10.1. The number of benzene rings is 1. The van der Waals surface area contributed by atoms with Gasteiger partial charge in [0.15, 0.2) is 0 Å². The molecule has 3 heteroatoms. The van der Waals surface area contributed by atoms with Gasteiger partial charge >= 0.3 is 0 Å². The minimum absolute atomic E-state index is 0.0415. The second-order valence-corrected chi connectivity index (χ2v) is 4.23. The summed E-state index contributed by atoms with van der Waals surface area (Å²) in [6.07, 6.45) is 3.48. The van der Waals surface area contributed by atoms with Crippen molar-refractivity contribution < 1.29 is 0 Å². The summed E-state index contributed by atoms with van der Waals surface area (Å²) in [6.45, 7) is 3.03. The van der Waals surface area contributed by atoms with E-state index < -0.39 is 0 Å². The third-order valence-corrected chi connectivity index (χ3v) is 2.85. The lowest BCUT2D eigenvalue weighted by Crippen LogP contribution is -2.14. The number of aromatic amines is 1. The molecule has 0 saturated heterocycles. The smallest absolute Gasteiger partial charge is 0.271 e. The van der Waals surface area contributed by atoms with E-state index in [1.165, 1.54) is 12.8 Å². The quantitative estimate of drug-likeness (QED) is 0.775. The van der Waals surface area contributed by atoms with Crippen LogP contribution in [0.5, 0.6) is 0 Å². The summed E-state index contributed by atoms with van der Waals surface area (Å²) in [5.41, 5.74) is 1.51. The molecule has 0 unspecified atom stereocenters. The Labute approximate surface area is 101 Å². The van der Waals surface area contributed by atoms with Crippen molar-refractivity contribution in [2.24, 2.45) is 0 Å². The molecule has 1 heterocycles. The number of pyridine rings is 1. The first kappa shape index (κ1) is 11.7. The molecule has 0 amide bonds. The standard InChI is InChI=1S/C14H18N2O/c1-2-3-6-9-15-13-10-11-7-4-5-8-12(11)16-14(13)17/h4-5,7-8,10,15H,2-3,6,9H2,1H3,(H,16,17). The van der Waals surface area contributed by atoms with E-state index >= 15 is 0 Å². The van der Waals surface area contributed by atoms with E-state index in [2.05, 4.69) is 17.2 Å².